The second kappa shape index (κ2) is 5.94. The van der Waals surface area contributed by atoms with Gasteiger partial charge in [-0.1, -0.05) is 29.8 Å². The van der Waals surface area contributed by atoms with Crippen molar-refractivity contribution in [1.29, 1.82) is 0 Å². The molecule has 1 fully saturated rings. The van der Waals surface area contributed by atoms with E-state index in [1.54, 1.807) is 24.3 Å². The van der Waals surface area contributed by atoms with Crippen LogP contribution in [-0.2, 0) is 19.9 Å². The number of fused-ring (bicyclic) bond motifs is 2. The lowest BCUT2D eigenvalue weighted by atomic mass is 9.73. The fourth-order valence-corrected chi connectivity index (χ4v) is 3.51. The Morgan fingerprint density at radius 3 is 2.96 bits per heavy atom. The molecule has 2 aliphatic rings. The van der Waals surface area contributed by atoms with Gasteiger partial charge < -0.3 is 15.6 Å². The Morgan fingerprint density at radius 2 is 2.26 bits per heavy atom. The van der Waals surface area contributed by atoms with E-state index in [2.05, 4.69) is 4.99 Å². The molecule has 1 aliphatic heterocycles. The van der Waals surface area contributed by atoms with Gasteiger partial charge in [0.05, 0.1) is 12.5 Å². The van der Waals surface area contributed by atoms with Crippen molar-refractivity contribution in [3.8, 4) is 0 Å². The van der Waals surface area contributed by atoms with Gasteiger partial charge in [0.2, 0.25) is 11.7 Å². The van der Waals surface area contributed by atoms with Crippen molar-refractivity contribution < 1.29 is 19.4 Å². The molecule has 3 atom stereocenters. The zero-order chi connectivity index (χ0) is 16.6. The van der Waals surface area contributed by atoms with Gasteiger partial charge in [0.25, 0.3) is 0 Å². The number of halogens is 1. The number of aliphatic carboxylic acids is 1. The average Bonchev–Trinajstić information content (AvgIpc) is 2.47. The maximum absolute atomic E-state index is 12.8. The summed E-state index contributed by atoms with van der Waals surface area (Å²) >= 11 is 6.29. The molecular weight excluding hydrogens is 320 g/mol. The van der Waals surface area contributed by atoms with Crippen molar-refractivity contribution in [3.63, 3.8) is 0 Å². The third-order valence-electron chi connectivity index (χ3n) is 4.30. The molecule has 1 heterocycles. The molecule has 1 aliphatic carbocycles. The molecule has 2 bridgehead atoms. The molecule has 7 heteroatoms. The molecule has 3 N–H and O–H groups in total. The van der Waals surface area contributed by atoms with Gasteiger partial charge in [-0.15, -0.1) is 0 Å². The first-order valence-electron chi connectivity index (χ1n) is 7.47. The van der Waals surface area contributed by atoms with Crippen LogP contribution in [0.1, 0.15) is 31.2 Å². The summed E-state index contributed by atoms with van der Waals surface area (Å²) in [4.78, 5) is 28.2. The molecule has 0 amide bonds. The maximum atomic E-state index is 12.8. The van der Waals surface area contributed by atoms with Gasteiger partial charge in [-0.2, -0.15) is 0 Å². The number of Topliss-reactive ketones (excluding diaryl/α,β-unsaturated/α-hetero) is 1. The minimum atomic E-state index is -1.12. The van der Waals surface area contributed by atoms with Crippen LogP contribution in [0.15, 0.2) is 29.3 Å². The van der Waals surface area contributed by atoms with Gasteiger partial charge in [-0.25, -0.2) is 4.99 Å². The van der Waals surface area contributed by atoms with E-state index in [9.17, 15) is 9.59 Å². The van der Waals surface area contributed by atoms with Gasteiger partial charge in [0, 0.05) is 10.6 Å². The number of rotatable bonds is 4. The van der Waals surface area contributed by atoms with Crippen LogP contribution < -0.4 is 5.73 Å². The van der Waals surface area contributed by atoms with E-state index in [-0.39, 0.29) is 18.1 Å². The van der Waals surface area contributed by atoms with Crippen LogP contribution in [0.5, 0.6) is 0 Å². The largest absolute Gasteiger partial charge is 0.481 e. The highest BCUT2D eigenvalue weighted by Crippen LogP contribution is 2.44. The molecule has 122 valence electrons. The Hall–Kier alpha value is -1.92. The first-order valence-corrected chi connectivity index (χ1v) is 7.85. The Morgan fingerprint density at radius 1 is 1.52 bits per heavy atom. The summed E-state index contributed by atoms with van der Waals surface area (Å²) in [6.07, 6.45) is 0.903. The Kier molecular flexibility index (Phi) is 4.12. The number of hydrogen-bond acceptors (Lipinski definition) is 5. The predicted octanol–water partition coefficient (Wildman–Crippen LogP) is 1.89. The van der Waals surface area contributed by atoms with Crippen LogP contribution in [0, 0.1) is 0 Å². The quantitative estimate of drug-likeness (QED) is 0.874. The summed E-state index contributed by atoms with van der Waals surface area (Å²) in [5.74, 6) is -1.06. The summed E-state index contributed by atoms with van der Waals surface area (Å²) in [7, 11) is 0. The lowest BCUT2D eigenvalue weighted by Gasteiger charge is -2.42. The van der Waals surface area contributed by atoms with Gasteiger partial charge >= 0.3 is 5.97 Å². The molecular formula is C16H17ClN2O4. The Labute approximate surface area is 138 Å². The number of ether oxygens (including phenoxy) is 1. The lowest BCUT2D eigenvalue weighted by molar-refractivity contribution is -0.138. The minimum absolute atomic E-state index is 0.122. The monoisotopic (exact) mass is 336 g/mol. The predicted molar refractivity (Wildman–Crippen MR) is 84.5 cm³/mol. The van der Waals surface area contributed by atoms with Gasteiger partial charge in [0.15, 0.2) is 11.6 Å². The number of carboxylic acid groups (broad SMARTS) is 1. The van der Waals surface area contributed by atoms with Gasteiger partial charge in [-0.05, 0) is 25.3 Å². The normalized spacial score (nSPS) is 27.8. The first kappa shape index (κ1) is 16.0. The summed E-state index contributed by atoms with van der Waals surface area (Å²) in [6.45, 7) is 0. The third-order valence-corrected chi connectivity index (χ3v) is 4.63. The molecule has 0 spiro atoms. The van der Waals surface area contributed by atoms with Crippen molar-refractivity contribution in [1.82, 2.24) is 0 Å². The number of carboxylic acids is 1. The minimum Gasteiger partial charge on any atom is -0.481 e. The summed E-state index contributed by atoms with van der Waals surface area (Å²) < 4.78 is 5.59. The maximum Gasteiger partial charge on any atom is 0.305 e. The van der Waals surface area contributed by atoms with E-state index in [0.717, 1.165) is 6.42 Å². The number of carbonyl (C=O) groups excluding carboxylic acids is 1. The zero-order valence-corrected chi connectivity index (χ0v) is 13.1. The van der Waals surface area contributed by atoms with E-state index in [1.807, 2.05) is 0 Å². The van der Waals surface area contributed by atoms with Crippen LogP contribution >= 0.6 is 11.6 Å². The highest BCUT2D eigenvalue weighted by atomic mass is 35.5. The second-order valence-corrected chi connectivity index (χ2v) is 6.26. The summed E-state index contributed by atoms with van der Waals surface area (Å²) in [5, 5.41) is 9.37. The number of nitrogens with zero attached hydrogens (tertiary/aromatic N) is 1. The molecule has 23 heavy (non-hydrogen) atoms. The van der Waals surface area contributed by atoms with E-state index < -0.39 is 23.7 Å². The van der Waals surface area contributed by atoms with Crippen LogP contribution in [0.4, 0.5) is 0 Å². The van der Waals surface area contributed by atoms with Gasteiger partial charge in [0.1, 0.15) is 0 Å². The molecule has 0 saturated heterocycles. The number of benzene rings is 1. The van der Waals surface area contributed by atoms with Crippen molar-refractivity contribution >= 4 is 29.3 Å². The number of carbonyl (C=O) groups is 2. The number of hydrogen-bond donors (Lipinski definition) is 2. The van der Waals surface area contributed by atoms with Gasteiger partial charge in [-0.3, -0.25) is 9.59 Å². The molecule has 1 aromatic carbocycles. The average molecular weight is 337 g/mol. The van der Waals surface area contributed by atoms with Crippen LogP contribution in [0.25, 0.3) is 0 Å². The molecule has 0 aromatic heterocycles. The molecule has 6 nitrogen and oxygen atoms in total. The van der Waals surface area contributed by atoms with Crippen molar-refractivity contribution in [2.75, 3.05) is 0 Å². The summed E-state index contributed by atoms with van der Waals surface area (Å²) in [5.41, 5.74) is 5.40. The Bertz CT molecular complexity index is 690. The van der Waals surface area contributed by atoms with E-state index in [0.29, 0.717) is 23.4 Å². The molecule has 1 saturated carbocycles. The Balaban J connectivity index is 2.09. The molecule has 1 aromatic rings. The highest BCUT2D eigenvalue weighted by Gasteiger charge is 2.52. The van der Waals surface area contributed by atoms with Crippen LogP contribution in [-0.4, -0.2) is 34.9 Å². The van der Waals surface area contributed by atoms with Crippen LogP contribution in [0.3, 0.4) is 0 Å². The standard InChI is InChI=1S/C16H17ClN2O4/c17-10-5-2-1-4-9(10)16-7-3-6-12(14(16)22)23-15(19-16)11(18)8-13(20)21/h1-2,4-5,11-12H,3,6-8,18H2,(H,20,21)/t11-,12?,16?/m0/s1. The van der Waals surface area contributed by atoms with Crippen molar-refractivity contribution in [3.05, 3.63) is 34.9 Å². The van der Waals surface area contributed by atoms with Crippen molar-refractivity contribution in [2.45, 2.75) is 43.4 Å². The van der Waals surface area contributed by atoms with Crippen molar-refractivity contribution in [2.24, 2.45) is 10.7 Å². The summed E-state index contributed by atoms with van der Waals surface area (Å²) in [6, 6.07) is 6.19. The molecule has 2 unspecified atom stereocenters. The highest BCUT2D eigenvalue weighted by molar-refractivity contribution is 6.32. The third kappa shape index (κ3) is 2.72. The fraction of sp³-hybridized carbons (Fsp3) is 0.438. The topological polar surface area (TPSA) is 102 Å². The lowest BCUT2D eigenvalue weighted by Crippen LogP contribution is -2.54. The fourth-order valence-electron chi connectivity index (χ4n) is 3.22. The second-order valence-electron chi connectivity index (χ2n) is 5.86. The number of aliphatic imine (C=N–C) groups is 1. The van der Waals surface area contributed by atoms with E-state index in [1.165, 1.54) is 0 Å². The van der Waals surface area contributed by atoms with E-state index >= 15 is 0 Å². The number of ketones is 1. The van der Waals surface area contributed by atoms with E-state index in [4.69, 9.17) is 27.2 Å². The molecule has 3 rings (SSSR count). The first-order chi connectivity index (χ1) is 10.9. The smallest absolute Gasteiger partial charge is 0.305 e. The SMILES string of the molecule is N[C@@H](CC(=O)O)C1=NC2(c3ccccc3Cl)CCCC(O1)C2=O. The zero-order valence-electron chi connectivity index (χ0n) is 12.4. The molecule has 0 radical (unpaired) electrons. The number of nitrogens with two attached hydrogens (primary N) is 1. The van der Waals surface area contributed by atoms with Crippen LogP contribution in [0.2, 0.25) is 5.02 Å².